The molecule has 0 unspecified atom stereocenters. The molecule has 0 aliphatic heterocycles. The normalized spacial score (nSPS) is 10.7. The SMILES string of the molecule is Cc1cc(CCNC(=O)C(C)C)c(C)[nH]1. The van der Waals surface area contributed by atoms with E-state index in [-0.39, 0.29) is 11.8 Å². The van der Waals surface area contributed by atoms with Crippen LogP contribution >= 0.6 is 0 Å². The number of rotatable bonds is 4. The molecule has 3 nitrogen and oxygen atoms in total. The summed E-state index contributed by atoms with van der Waals surface area (Å²) in [7, 11) is 0. The van der Waals surface area contributed by atoms with Crippen LogP contribution in [-0.2, 0) is 11.2 Å². The summed E-state index contributed by atoms with van der Waals surface area (Å²) in [6.45, 7) is 8.63. The Balaban J connectivity index is 2.38. The third-order valence-corrected chi connectivity index (χ3v) is 2.48. The Kier molecular flexibility index (Phi) is 3.95. The predicted octanol–water partition coefficient (Wildman–Crippen LogP) is 1.95. The van der Waals surface area contributed by atoms with Crippen LogP contribution in [0.15, 0.2) is 6.07 Å². The summed E-state index contributed by atoms with van der Waals surface area (Å²) in [5.41, 5.74) is 3.67. The van der Waals surface area contributed by atoms with Crippen molar-refractivity contribution in [1.29, 1.82) is 0 Å². The van der Waals surface area contributed by atoms with Crippen LogP contribution in [0.5, 0.6) is 0 Å². The molecule has 1 aromatic heterocycles. The lowest BCUT2D eigenvalue weighted by Crippen LogP contribution is -2.29. The molecule has 0 fully saturated rings. The van der Waals surface area contributed by atoms with E-state index < -0.39 is 0 Å². The molecule has 3 heteroatoms. The van der Waals surface area contributed by atoms with Crippen LogP contribution in [0.1, 0.15) is 30.8 Å². The lowest BCUT2D eigenvalue weighted by molar-refractivity contribution is -0.123. The van der Waals surface area contributed by atoms with Crippen LogP contribution < -0.4 is 5.32 Å². The van der Waals surface area contributed by atoms with Gasteiger partial charge in [0, 0.05) is 23.9 Å². The number of nitrogens with one attached hydrogen (secondary N) is 2. The number of carbonyl (C=O) groups is 1. The van der Waals surface area contributed by atoms with Crippen LogP contribution in [0, 0.1) is 19.8 Å². The second-order valence-electron chi connectivity index (χ2n) is 4.30. The van der Waals surface area contributed by atoms with E-state index in [4.69, 9.17) is 0 Å². The van der Waals surface area contributed by atoms with Gasteiger partial charge in [-0.1, -0.05) is 13.8 Å². The van der Waals surface area contributed by atoms with Gasteiger partial charge in [-0.2, -0.15) is 0 Å². The highest BCUT2D eigenvalue weighted by atomic mass is 16.1. The largest absolute Gasteiger partial charge is 0.362 e. The molecule has 84 valence electrons. The van der Waals surface area contributed by atoms with E-state index in [1.54, 1.807) is 0 Å². The number of hydrogen-bond acceptors (Lipinski definition) is 1. The maximum atomic E-state index is 11.3. The minimum atomic E-state index is 0.0686. The molecule has 0 bridgehead atoms. The van der Waals surface area contributed by atoms with E-state index in [0.29, 0.717) is 0 Å². The molecular formula is C12H20N2O. The smallest absolute Gasteiger partial charge is 0.222 e. The standard InChI is InChI=1S/C12H20N2O/c1-8(2)12(15)13-6-5-11-7-9(3)14-10(11)4/h7-8,14H,5-6H2,1-4H3,(H,13,15). The summed E-state index contributed by atoms with van der Waals surface area (Å²) in [6.07, 6.45) is 0.897. The molecule has 2 N–H and O–H groups in total. The second kappa shape index (κ2) is 5.01. The summed E-state index contributed by atoms with van der Waals surface area (Å²) in [6, 6.07) is 2.14. The lowest BCUT2D eigenvalue weighted by Gasteiger charge is -2.06. The minimum Gasteiger partial charge on any atom is -0.362 e. The van der Waals surface area contributed by atoms with Gasteiger partial charge in [0.25, 0.3) is 0 Å². The number of carbonyl (C=O) groups excluding carboxylic acids is 1. The fourth-order valence-electron chi connectivity index (χ4n) is 1.57. The van der Waals surface area contributed by atoms with Crippen LogP contribution in [0.4, 0.5) is 0 Å². The Morgan fingerprint density at radius 1 is 1.47 bits per heavy atom. The maximum Gasteiger partial charge on any atom is 0.222 e. The fourth-order valence-corrected chi connectivity index (χ4v) is 1.57. The molecule has 1 aromatic rings. The zero-order valence-corrected chi connectivity index (χ0v) is 9.98. The van der Waals surface area contributed by atoms with Gasteiger partial charge in [-0.3, -0.25) is 4.79 Å². The highest BCUT2D eigenvalue weighted by Crippen LogP contribution is 2.09. The molecule has 0 radical (unpaired) electrons. The molecule has 0 aliphatic rings. The molecule has 0 saturated heterocycles. The third kappa shape index (κ3) is 3.42. The van der Waals surface area contributed by atoms with Crippen molar-refractivity contribution in [2.75, 3.05) is 6.54 Å². The molecule has 0 spiro atoms. The molecule has 0 aliphatic carbocycles. The number of H-pyrrole nitrogens is 1. The van der Waals surface area contributed by atoms with E-state index >= 15 is 0 Å². The first kappa shape index (κ1) is 11.8. The van der Waals surface area contributed by atoms with Gasteiger partial charge in [0.2, 0.25) is 5.91 Å². The summed E-state index contributed by atoms with van der Waals surface area (Å²) in [5.74, 6) is 0.193. The van der Waals surface area contributed by atoms with Crippen molar-refractivity contribution in [3.8, 4) is 0 Å². The van der Waals surface area contributed by atoms with Crippen molar-refractivity contribution in [1.82, 2.24) is 10.3 Å². The van der Waals surface area contributed by atoms with E-state index in [9.17, 15) is 4.79 Å². The van der Waals surface area contributed by atoms with Crippen molar-refractivity contribution in [2.24, 2.45) is 5.92 Å². The molecule has 15 heavy (non-hydrogen) atoms. The van der Waals surface area contributed by atoms with Crippen molar-refractivity contribution in [3.63, 3.8) is 0 Å². The Morgan fingerprint density at radius 2 is 2.13 bits per heavy atom. The van der Waals surface area contributed by atoms with Gasteiger partial charge >= 0.3 is 0 Å². The van der Waals surface area contributed by atoms with Gasteiger partial charge in [0.05, 0.1) is 0 Å². The van der Waals surface area contributed by atoms with Gasteiger partial charge in [-0.05, 0) is 31.9 Å². The maximum absolute atomic E-state index is 11.3. The third-order valence-electron chi connectivity index (χ3n) is 2.48. The molecule has 1 heterocycles. The Morgan fingerprint density at radius 3 is 2.60 bits per heavy atom. The lowest BCUT2D eigenvalue weighted by atomic mass is 10.1. The molecule has 0 saturated carbocycles. The first-order valence-electron chi connectivity index (χ1n) is 5.43. The van der Waals surface area contributed by atoms with Crippen molar-refractivity contribution < 1.29 is 4.79 Å². The van der Waals surface area contributed by atoms with Crippen LogP contribution in [-0.4, -0.2) is 17.4 Å². The van der Waals surface area contributed by atoms with Crippen molar-refractivity contribution in [2.45, 2.75) is 34.1 Å². The number of hydrogen-bond donors (Lipinski definition) is 2. The van der Waals surface area contributed by atoms with Gasteiger partial charge in [-0.15, -0.1) is 0 Å². The Labute approximate surface area is 91.3 Å². The molecular weight excluding hydrogens is 188 g/mol. The first-order chi connectivity index (χ1) is 7.00. The fraction of sp³-hybridized carbons (Fsp3) is 0.583. The van der Waals surface area contributed by atoms with Gasteiger partial charge in [0.1, 0.15) is 0 Å². The number of aromatic amines is 1. The molecule has 0 atom stereocenters. The first-order valence-corrected chi connectivity index (χ1v) is 5.43. The zero-order valence-electron chi connectivity index (χ0n) is 9.98. The van der Waals surface area contributed by atoms with Crippen molar-refractivity contribution in [3.05, 3.63) is 23.0 Å². The van der Waals surface area contributed by atoms with Crippen LogP contribution in [0.25, 0.3) is 0 Å². The zero-order chi connectivity index (χ0) is 11.4. The monoisotopic (exact) mass is 208 g/mol. The summed E-state index contributed by atoms with van der Waals surface area (Å²) in [4.78, 5) is 14.6. The highest BCUT2D eigenvalue weighted by molar-refractivity contribution is 5.77. The number of aromatic nitrogens is 1. The molecule has 0 aromatic carbocycles. The van der Waals surface area contributed by atoms with Crippen LogP contribution in [0.2, 0.25) is 0 Å². The molecule has 1 amide bonds. The average Bonchev–Trinajstić information content (AvgIpc) is 2.45. The van der Waals surface area contributed by atoms with Crippen molar-refractivity contribution >= 4 is 5.91 Å². The second-order valence-corrected chi connectivity index (χ2v) is 4.30. The minimum absolute atomic E-state index is 0.0686. The van der Waals surface area contributed by atoms with Gasteiger partial charge in [-0.25, -0.2) is 0 Å². The van der Waals surface area contributed by atoms with E-state index in [1.807, 2.05) is 20.8 Å². The quantitative estimate of drug-likeness (QED) is 0.780. The van der Waals surface area contributed by atoms with E-state index in [2.05, 4.69) is 23.3 Å². The molecule has 1 rings (SSSR count). The number of amides is 1. The summed E-state index contributed by atoms with van der Waals surface area (Å²) >= 11 is 0. The van der Waals surface area contributed by atoms with E-state index in [1.165, 1.54) is 17.0 Å². The Bertz CT molecular complexity index is 339. The van der Waals surface area contributed by atoms with Crippen LogP contribution in [0.3, 0.4) is 0 Å². The van der Waals surface area contributed by atoms with Gasteiger partial charge in [0.15, 0.2) is 0 Å². The number of aryl methyl sites for hydroxylation is 2. The predicted molar refractivity (Wildman–Crippen MR) is 61.8 cm³/mol. The highest BCUT2D eigenvalue weighted by Gasteiger charge is 2.06. The average molecular weight is 208 g/mol. The summed E-state index contributed by atoms with van der Waals surface area (Å²) < 4.78 is 0. The Hall–Kier alpha value is -1.25. The van der Waals surface area contributed by atoms with Gasteiger partial charge < -0.3 is 10.3 Å². The topological polar surface area (TPSA) is 44.9 Å². The summed E-state index contributed by atoms with van der Waals surface area (Å²) in [5, 5.41) is 2.91. The van der Waals surface area contributed by atoms with E-state index in [0.717, 1.165) is 13.0 Å².